The van der Waals surface area contributed by atoms with Gasteiger partial charge in [-0.2, -0.15) is 9.97 Å². The van der Waals surface area contributed by atoms with Crippen LogP contribution in [-0.4, -0.2) is 59.8 Å². The van der Waals surface area contributed by atoms with Crippen LogP contribution in [0.4, 0.5) is 11.8 Å². The first-order valence-electron chi connectivity index (χ1n) is 6.41. The minimum Gasteiger partial charge on any atom is -0.394 e. The maximum atomic E-state index is 10.1. The summed E-state index contributed by atoms with van der Waals surface area (Å²) in [4.78, 5) is 12.2. The van der Waals surface area contributed by atoms with E-state index in [1.165, 1.54) is 10.9 Å². The zero-order valence-electron chi connectivity index (χ0n) is 11.3. The van der Waals surface area contributed by atoms with Crippen LogP contribution in [0.1, 0.15) is 6.23 Å². The summed E-state index contributed by atoms with van der Waals surface area (Å²) in [5.41, 5.74) is 5.28. The van der Waals surface area contributed by atoms with Crippen molar-refractivity contribution in [3.8, 4) is 0 Å². The minimum absolute atomic E-state index is 0.0777. The predicted molar refractivity (Wildman–Crippen MR) is 74.0 cm³/mol. The van der Waals surface area contributed by atoms with Gasteiger partial charge in [-0.15, -0.1) is 0 Å². The van der Waals surface area contributed by atoms with Gasteiger partial charge in [-0.3, -0.25) is 9.99 Å². The van der Waals surface area contributed by atoms with Gasteiger partial charge >= 0.3 is 0 Å². The third-order valence-electron chi connectivity index (χ3n) is 3.48. The molecule has 12 heteroatoms. The molecule has 4 atom stereocenters. The molecule has 0 amide bonds. The van der Waals surface area contributed by atoms with Gasteiger partial charge in [0.15, 0.2) is 23.2 Å². The molecule has 3 rings (SSSR count). The van der Waals surface area contributed by atoms with Crippen molar-refractivity contribution in [3.63, 3.8) is 0 Å². The van der Waals surface area contributed by atoms with Crippen LogP contribution < -0.4 is 22.5 Å². The number of hydrazine groups is 2. The smallest absolute Gasteiger partial charge is 0.241 e. The lowest BCUT2D eigenvalue weighted by atomic mass is 10.1. The Labute approximate surface area is 123 Å². The highest BCUT2D eigenvalue weighted by molar-refractivity contribution is 5.84. The van der Waals surface area contributed by atoms with Gasteiger partial charge in [0.25, 0.3) is 0 Å². The second-order valence-electron chi connectivity index (χ2n) is 4.74. The molecule has 3 heterocycles. The van der Waals surface area contributed by atoms with Crippen LogP contribution in [0.5, 0.6) is 0 Å². The molecule has 1 fully saturated rings. The number of hydrogen-bond acceptors (Lipinski definition) is 11. The highest BCUT2D eigenvalue weighted by Crippen LogP contribution is 2.32. The Morgan fingerprint density at radius 3 is 2.59 bits per heavy atom. The number of nitrogens with zero attached hydrogens (tertiary/aromatic N) is 4. The van der Waals surface area contributed by atoms with Gasteiger partial charge in [0.2, 0.25) is 5.95 Å². The van der Waals surface area contributed by atoms with Gasteiger partial charge in [-0.25, -0.2) is 16.7 Å². The molecular weight excluding hydrogens is 296 g/mol. The Bertz CT molecular complexity index is 678. The molecular formula is C10H16N8O4. The number of ether oxygens (including phenoxy) is 1. The van der Waals surface area contributed by atoms with Crippen LogP contribution in [0, 0.1) is 0 Å². The molecule has 0 saturated carbocycles. The second-order valence-corrected chi connectivity index (χ2v) is 4.74. The van der Waals surface area contributed by atoms with E-state index in [0.29, 0.717) is 5.52 Å². The van der Waals surface area contributed by atoms with E-state index >= 15 is 0 Å². The second kappa shape index (κ2) is 5.60. The van der Waals surface area contributed by atoms with Crippen LogP contribution in [0.2, 0.25) is 0 Å². The van der Waals surface area contributed by atoms with E-state index in [-0.39, 0.29) is 17.4 Å². The topological polar surface area (TPSA) is 190 Å². The van der Waals surface area contributed by atoms with Crippen molar-refractivity contribution in [3.05, 3.63) is 6.33 Å². The monoisotopic (exact) mass is 312 g/mol. The number of anilines is 2. The lowest BCUT2D eigenvalue weighted by molar-refractivity contribution is -0.0511. The summed E-state index contributed by atoms with van der Waals surface area (Å²) in [5.74, 6) is 11.0. The minimum atomic E-state index is -1.26. The summed E-state index contributed by atoms with van der Waals surface area (Å²) >= 11 is 0. The van der Waals surface area contributed by atoms with Crippen molar-refractivity contribution in [1.29, 1.82) is 0 Å². The van der Waals surface area contributed by atoms with Gasteiger partial charge in [0.05, 0.1) is 12.9 Å². The molecule has 1 aliphatic heterocycles. The van der Waals surface area contributed by atoms with E-state index in [0.717, 1.165) is 0 Å². The van der Waals surface area contributed by atoms with E-state index in [1.807, 2.05) is 0 Å². The van der Waals surface area contributed by atoms with Gasteiger partial charge in [0, 0.05) is 0 Å². The fourth-order valence-corrected chi connectivity index (χ4v) is 2.38. The number of aliphatic hydroxyl groups is 3. The Balaban J connectivity index is 2.08. The highest BCUT2D eigenvalue weighted by atomic mass is 16.6. The van der Waals surface area contributed by atoms with Crippen molar-refractivity contribution in [1.82, 2.24) is 19.5 Å². The molecule has 120 valence electrons. The number of fused-ring (bicyclic) bond motifs is 1. The number of aliphatic hydroxyl groups excluding tert-OH is 3. The first-order chi connectivity index (χ1) is 10.6. The van der Waals surface area contributed by atoms with Crippen LogP contribution in [0.25, 0.3) is 11.2 Å². The summed E-state index contributed by atoms with van der Waals surface area (Å²) < 4.78 is 6.85. The van der Waals surface area contributed by atoms with Gasteiger partial charge in [0.1, 0.15) is 18.3 Å². The largest absolute Gasteiger partial charge is 0.394 e. The SMILES string of the molecule is NNc1nc(NN)c2ncn(C3O[C@H](CO)[C@@H](O)[C@H]3O)c2n1. The molecule has 12 nitrogen and oxygen atoms in total. The Kier molecular flexibility index (Phi) is 3.78. The normalized spacial score (nSPS) is 28.2. The number of aromatic nitrogens is 4. The number of nitrogens with one attached hydrogen (secondary N) is 2. The van der Waals surface area contributed by atoms with Crippen molar-refractivity contribution in [2.24, 2.45) is 11.7 Å². The summed E-state index contributed by atoms with van der Waals surface area (Å²) in [6, 6.07) is 0. The summed E-state index contributed by atoms with van der Waals surface area (Å²) in [6.45, 7) is -0.429. The molecule has 2 aromatic heterocycles. The average molecular weight is 312 g/mol. The Hall–Kier alpha value is -2.09. The van der Waals surface area contributed by atoms with Crippen molar-refractivity contribution >= 4 is 22.9 Å². The molecule has 0 radical (unpaired) electrons. The van der Waals surface area contributed by atoms with Gasteiger partial charge in [-0.1, -0.05) is 0 Å². The fraction of sp³-hybridized carbons (Fsp3) is 0.500. The van der Waals surface area contributed by atoms with E-state index < -0.39 is 31.1 Å². The number of imidazole rings is 1. The molecule has 0 aliphatic carbocycles. The maximum absolute atomic E-state index is 10.1. The van der Waals surface area contributed by atoms with E-state index in [2.05, 4.69) is 25.8 Å². The highest BCUT2D eigenvalue weighted by Gasteiger charge is 2.44. The number of nitrogen functional groups attached to an aromatic ring is 2. The Morgan fingerprint density at radius 2 is 2.00 bits per heavy atom. The molecule has 22 heavy (non-hydrogen) atoms. The Morgan fingerprint density at radius 1 is 1.23 bits per heavy atom. The van der Waals surface area contributed by atoms with Gasteiger partial charge in [-0.05, 0) is 0 Å². The van der Waals surface area contributed by atoms with Crippen LogP contribution >= 0.6 is 0 Å². The summed E-state index contributed by atoms with van der Waals surface area (Å²) in [7, 11) is 0. The molecule has 2 aromatic rings. The average Bonchev–Trinajstić information content (AvgIpc) is 3.08. The van der Waals surface area contributed by atoms with Gasteiger partial charge < -0.3 is 25.5 Å². The lowest BCUT2D eigenvalue weighted by Crippen LogP contribution is -2.33. The first kappa shape index (κ1) is 14.8. The van der Waals surface area contributed by atoms with Crippen molar-refractivity contribution in [2.75, 3.05) is 17.5 Å². The standard InChI is InChI=1S/C10H16N8O4/c11-16-7-4-8(15-10(14-7)17-12)18(2-13-4)9-6(21)5(20)3(1-19)22-9/h2-3,5-6,9,19-21H,1,11-12H2,(H2,14,15,16,17)/t3-,5-,6-,9?/m1/s1. The van der Waals surface area contributed by atoms with E-state index in [1.54, 1.807) is 0 Å². The van der Waals surface area contributed by atoms with E-state index in [9.17, 15) is 10.2 Å². The van der Waals surface area contributed by atoms with Crippen molar-refractivity contribution < 1.29 is 20.1 Å². The predicted octanol–water partition coefficient (Wildman–Crippen LogP) is -2.99. The molecule has 0 bridgehead atoms. The molecule has 0 spiro atoms. The number of hydrogen-bond donors (Lipinski definition) is 7. The van der Waals surface area contributed by atoms with Crippen LogP contribution in [-0.2, 0) is 4.74 Å². The zero-order chi connectivity index (χ0) is 15.9. The molecule has 9 N–H and O–H groups in total. The molecule has 0 aromatic carbocycles. The quantitative estimate of drug-likeness (QED) is 0.225. The van der Waals surface area contributed by atoms with Crippen molar-refractivity contribution in [2.45, 2.75) is 24.5 Å². The molecule has 1 aliphatic rings. The third-order valence-corrected chi connectivity index (χ3v) is 3.48. The summed E-state index contributed by atoms with van der Waals surface area (Å²) in [5, 5.41) is 29.1. The van der Waals surface area contributed by atoms with Crippen LogP contribution in [0.3, 0.4) is 0 Å². The molecule has 1 saturated heterocycles. The summed E-state index contributed by atoms with van der Waals surface area (Å²) in [6.07, 6.45) is -3.00. The molecule has 1 unspecified atom stereocenters. The third kappa shape index (κ3) is 2.14. The first-order valence-corrected chi connectivity index (χ1v) is 6.41. The lowest BCUT2D eigenvalue weighted by Gasteiger charge is -2.16. The zero-order valence-corrected chi connectivity index (χ0v) is 11.3. The van der Waals surface area contributed by atoms with E-state index in [4.69, 9.17) is 21.5 Å². The van der Waals surface area contributed by atoms with Crippen LogP contribution in [0.15, 0.2) is 6.33 Å². The number of rotatable bonds is 4. The fourth-order valence-electron chi connectivity index (χ4n) is 2.38. The maximum Gasteiger partial charge on any atom is 0.241 e. The number of nitrogens with two attached hydrogens (primary N) is 2.